The van der Waals surface area contributed by atoms with Gasteiger partial charge in [0.1, 0.15) is 0 Å². The van der Waals surface area contributed by atoms with Crippen LogP contribution in [0.25, 0.3) is 240 Å². The highest BCUT2D eigenvalue weighted by atomic mass is 14.3. The number of benzene rings is 25. The molecule has 0 atom stereocenters. The summed E-state index contributed by atoms with van der Waals surface area (Å²) in [5.74, 6) is 0. The normalized spacial score (nSPS) is 19.8. The van der Waals surface area contributed by atoms with Crippen molar-refractivity contribution in [3.8, 4) is 89.0 Å². The van der Waals surface area contributed by atoms with E-state index in [2.05, 4.69) is 0 Å². The minimum absolute atomic E-state index is 0.215. The lowest BCUT2D eigenvalue weighted by Crippen LogP contribution is -1.93. The Balaban J connectivity index is 0.000000151. The van der Waals surface area contributed by atoms with E-state index >= 15 is 0 Å². The van der Waals surface area contributed by atoms with Crippen molar-refractivity contribution in [3.63, 3.8) is 0 Å². The van der Waals surface area contributed by atoms with Crippen molar-refractivity contribution in [2.24, 2.45) is 0 Å². The molecule has 0 spiro atoms. The van der Waals surface area contributed by atoms with Crippen LogP contribution in [0.1, 0.15) is 97.3 Å². The molecule has 0 N–H and O–H groups in total. The molecule has 0 saturated carbocycles. The van der Waals surface area contributed by atoms with Gasteiger partial charge in [-0.3, -0.25) is 0 Å². The van der Waals surface area contributed by atoms with Gasteiger partial charge in [0.2, 0.25) is 0 Å². The van der Waals surface area contributed by atoms with Crippen molar-refractivity contribution in [1.29, 1.82) is 0 Å². The molecule has 0 aliphatic heterocycles. The molecule has 0 nitrogen and oxygen atoms in total. The van der Waals surface area contributed by atoms with Crippen LogP contribution in [0.3, 0.4) is 0 Å². The van der Waals surface area contributed by atoms with Crippen molar-refractivity contribution in [2.75, 3.05) is 0 Å². The average Bonchev–Trinajstić information content (AvgIpc) is 0.679. The van der Waals surface area contributed by atoms with Crippen LogP contribution in [0.5, 0.6) is 0 Å². The van der Waals surface area contributed by atoms with Crippen LogP contribution >= 0.6 is 0 Å². The molecule has 0 aromatic heterocycles. The van der Waals surface area contributed by atoms with Gasteiger partial charge in [0, 0.05) is 0 Å². The van der Waals surface area contributed by atoms with E-state index in [-0.39, 0.29) is 11.1 Å². The van der Waals surface area contributed by atoms with E-state index in [0.29, 0.717) is 10.8 Å². The molecule has 0 fully saturated rings. The molecule has 0 radical (unpaired) electrons. The van der Waals surface area contributed by atoms with Crippen LogP contribution in [-0.4, -0.2) is 0 Å². The van der Waals surface area contributed by atoms with Crippen LogP contribution in [-0.2, 0) is 0 Å². The molecule has 0 aliphatic carbocycles. The van der Waals surface area contributed by atoms with Gasteiger partial charge < -0.3 is 0 Å². The molecule has 0 unspecified atom stereocenters. The van der Waals surface area contributed by atoms with Crippen LogP contribution in [0.2, 0.25) is 0 Å². The molecule has 122 heavy (non-hydrogen) atoms. The van der Waals surface area contributed by atoms with E-state index in [1.165, 1.54) is 0 Å². The van der Waals surface area contributed by atoms with E-state index in [9.17, 15) is 27.4 Å². The number of fused-ring (bicyclic) bond motifs is 14. The number of hydrogen-bond acceptors (Lipinski definition) is 0. The highest BCUT2D eigenvalue weighted by Crippen LogP contribution is 2.52. The summed E-state index contributed by atoms with van der Waals surface area (Å²) in [6.07, 6.45) is 0. The van der Waals surface area contributed by atoms with Gasteiger partial charge in [-0.15, -0.1) is 0 Å². The standard InChI is InChI=1S/2C44H28.C34H22/c2*1-4-18-33-29(12-1)15-9-23-36(33)32-26-27-41-42(28-32)44(38-25-11-17-31-14-3-6-20-35(31)38)40-22-8-7-21-39(40)43(41)37-24-10-16-30-13-2-5-19-34(30)37;1-3-15-25-23(11-1)13-9-21-27(25)33-29-17-5-7-19-31(29)34(32-20-8-6-18-30(32)33)28-22-10-14-24-12-2-4-16-26(24)28/h2*1-28H;1-22H/i1D,2D,3D,4D,5D,6D,7D,8D,9D,10D,11D,12D,13D,14D,15D,16D,17D,18D,19D,20D,21D,22D,23D,24D,25D,26D,27D,28D;2D,3D,5D,6D,7D,8D,10D,11D,13D,14D,16D,17D,19D,20D,21D,22D,24D,25D,26D,27D,28D;1D,2D,3D,4D,5D,6D,7D,8D,9D,10D,11D,12D,13D,14D,15D,16D,17D,18D,19D,20D,21D,22D. The number of rotatable bonds is 8. The Morgan fingerprint density at radius 3 is 0.590 bits per heavy atom. The molecule has 0 bridgehead atoms. The van der Waals surface area contributed by atoms with Crippen molar-refractivity contribution in [2.45, 2.75) is 0 Å². The lowest BCUT2D eigenvalue weighted by Gasteiger charge is -2.20. The van der Waals surface area contributed by atoms with Crippen molar-refractivity contribution < 1.29 is 97.3 Å². The fraction of sp³-hybridized carbons (Fsp3) is 0. The van der Waals surface area contributed by atoms with E-state index < -0.39 is 647 Å². The van der Waals surface area contributed by atoms with Crippen LogP contribution < -0.4 is 0 Å². The fourth-order valence-electron chi connectivity index (χ4n) is 15.3. The summed E-state index contributed by atoms with van der Waals surface area (Å²) in [7, 11) is 0. The van der Waals surface area contributed by atoms with Crippen molar-refractivity contribution in [3.05, 3.63) is 471 Å². The lowest BCUT2D eigenvalue weighted by atomic mass is 9.82. The Kier molecular flexibility index (Phi) is 7.34. The van der Waals surface area contributed by atoms with Gasteiger partial charge in [0.25, 0.3) is 0 Å². The first-order valence-electron chi connectivity index (χ1n) is 72.1. The SMILES string of the molecule is [2H]c1c([2H])c([2H])c2c(-c3c([2H])c([2H])c4c(-c5c([2H])c([2H])c([2H])c6c([2H])c([2H])c([2H])c([2H])c56)c5c([2H])c([2H])c([2H])c([2H])c5c(-c5c([2H])c([2H])c([2H])c6c([2H])c([2H])c([2H])c([2H])c56)c4c3[2H])c([2H])c([2H])c([2H])c2c1[2H].[2H]c1c([2H])c([2H])c2c(-c3c4c([2H])c([2H])c([2H])c([2H])c4c(-c4c([2H])c([2H])c([2H])c5c([2H])c([2H])c([2H])c([2H])c45)c4c([2H])c(-c5cccc6ccccc56)c([2H])c([2H])c34)c([2H])c([2H])c([2H])c2c1[2H].[2H]c1c([2H])c([2H])c2c(-c3c4c([2H])c([2H])c([2H])c([2H])c4c(-c4c([2H])c([2H])c([2H])c5c([2H])c([2H])c([2H])c([2H])c45)c4c([2H])c([2H])c([2H])c([2H])c34)c([2H])c([2H])c([2H])c2c1[2H]. The van der Waals surface area contributed by atoms with E-state index in [4.69, 9.17) is 69.9 Å². The summed E-state index contributed by atoms with van der Waals surface area (Å²) in [6.45, 7) is 0. The van der Waals surface area contributed by atoms with Crippen LogP contribution in [0, 0.1) is 0 Å². The van der Waals surface area contributed by atoms with Crippen molar-refractivity contribution >= 4 is 151 Å². The first-order valence-corrected chi connectivity index (χ1v) is 36.6. The van der Waals surface area contributed by atoms with Gasteiger partial charge in [0.15, 0.2) is 0 Å². The zero-order valence-corrected chi connectivity index (χ0v) is 61.5. The second-order valence-electron chi connectivity index (χ2n) is 26.8. The molecule has 25 aromatic carbocycles. The zero-order valence-electron chi connectivity index (χ0n) is 133. The van der Waals surface area contributed by atoms with Crippen LogP contribution in [0.15, 0.2) is 471 Å². The number of hydrogen-bond donors (Lipinski definition) is 0. The van der Waals surface area contributed by atoms with E-state index in [0.717, 1.165) is 0 Å². The van der Waals surface area contributed by atoms with Gasteiger partial charge in [0.05, 0.1) is 97.3 Å². The molecule has 0 heterocycles. The van der Waals surface area contributed by atoms with Crippen molar-refractivity contribution in [1.82, 2.24) is 0 Å². The van der Waals surface area contributed by atoms with Gasteiger partial charge in [-0.25, -0.2) is 0 Å². The molecule has 25 aromatic rings. The highest BCUT2D eigenvalue weighted by molar-refractivity contribution is 6.30. The van der Waals surface area contributed by atoms with E-state index in [1.807, 2.05) is 0 Å². The van der Waals surface area contributed by atoms with Gasteiger partial charge in [-0.2, -0.15) is 0 Å². The predicted octanol–water partition coefficient (Wildman–Crippen LogP) is 34.5. The predicted molar refractivity (Wildman–Crippen MR) is 528 cm³/mol. The summed E-state index contributed by atoms with van der Waals surface area (Å²) in [5, 5.41) is -15.5. The molecule has 25 rings (SSSR count). The molecular formula is C122H78. The second-order valence-corrected chi connectivity index (χ2v) is 26.8. The summed E-state index contributed by atoms with van der Waals surface area (Å²) in [6, 6.07) is -51.7. The van der Waals surface area contributed by atoms with Gasteiger partial charge in [-0.05, 0) is 252 Å². The average molecular weight is 1620 g/mol. The first-order chi connectivity index (χ1) is 90.1. The minimum atomic E-state index is -1.13. The third kappa shape index (κ3) is 12.1. The Labute approximate surface area is 807 Å². The Morgan fingerprint density at radius 2 is 0.311 bits per heavy atom. The maximum absolute atomic E-state index is 10.2. The third-order valence-corrected chi connectivity index (χ3v) is 20.4. The molecule has 566 valence electrons. The summed E-state index contributed by atoms with van der Waals surface area (Å²) >= 11 is 0. The quantitative estimate of drug-likeness (QED) is 0.133. The Bertz CT molecular complexity index is 12800. The molecule has 0 aliphatic rings. The van der Waals surface area contributed by atoms with E-state index in [1.54, 1.807) is 42.5 Å². The maximum Gasteiger partial charge on any atom is 0.0636 e. The molecule has 0 saturated heterocycles. The summed E-state index contributed by atoms with van der Waals surface area (Å²) in [5.41, 5.74) is -9.71. The summed E-state index contributed by atoms with van der Waals surface area (Å²) < 4.78 is 638. The third-order valence-electron chi connectivity index (χ3n) is 20.4. The minimum Gasteiger partial charge on any atom is -0.0616 e. The first kappa shape index (κ1) is 29.6. The topological polar surface area (TPSA) is 0 Å². The molecular weight excluding hydrogens is 1470 g/mol. The summed E-state index contributed by atoms with van der Waals surface area (Å²) in [4.78, 5) is 0. The largest absolute Gasteiger partial charge is 0.0636 e. The van der Waals surface area contributed by atoms with Gasteiger partial charge >= 0.3 is 0 Å². The fourth-order valence-corrected chi connectivity index (χ4v) is 15.3. The Hall–Kier alpha value is -15.9. The lowest BCUT2D eigenvalue weighted by molar-refractivity contribution is 1.66. The van der Waals surface area contributed by atoms with Gasteiger partial charge in [-0.1, -0.05) is 459 Å². The van der Waals surface area contributed by atoms with Crippen LogP contribution in [0.4, 0.5) is 0 Å². The highest BCUT2D eigenvalue weighted by Gasteiger charge is 2.25. The zero-order chi connectivity index (χ0) is 142. The smallest absolute Gasteiger partial charge is 0.0616 e. The molecule has 0 heteroatoms. The maximum atomic E-state index is 10.2. The molecule has 0 amide bonds. The monoisotopic (exact) mass is 1610 g/mol. The second kappa shape index (κ2) is 30.3. The Morgan fingerprint density at radius 1 is 0.115 bits per heavy atom.